The zero-order valence-corrected chi connectivity index (χ0v) is 7.20. The van der Waals surface area contributed by atoms with Gasteiger partial charge in [0.2, 0.25) is 0 Å². The van der Waals surface area contributed by atoms with Crippen molar-refractivity contribution in [1.29, 1.82) is 0 Å². The highest BCUT2D eigenvalue weighted by Crippen LogP contribution is 2.20. The maximum atomic E-state index is 13.2. The van der Waals surface area contributed by atoms with Gasteiger partial charge in [-0.2, -0.15) is 0 Å². The van der Waals surface area contributed by atoms with Crippen molar-refractivity contribution in [3.05, 3.63) is 34.6 Å². The number of benzene rings is 1. The zero-order valence-electron chi connectivity index (χ0n) is 7.20. The molecule has 0 spiro atoms. The number of hydrogen-bond acceptors (Lipinski definition) is 1. The normalized spacial score (nSPS) is 10.5. The highest BCUT2D eigenvalue weighted by atomic mass is 19.1. The van der Waals surface area contributed by atoms with Gasteiger partial charge < -0.3 is 5.73 Å². The van der Waals surface area contributed by atoms with E-state index in [4.69, 9.17) is 5.73 Å². The van der Waals surface area contributed by atoms with Gasteiger partial charge in [-0.15, -0.1) is 0 Å². The Labute approximate surface area is 74.4 Å². The van der Waals surface area contributed by atoms with Crippen molar-refractivity contribution in [3.8, 4) is 0 Å². The molecule has 0 aliphatic carbocycles. The Bertz CT molecular complexity index is 295. The van der Waals surface area contributed by atoms with E-state index >= 15 is 0 Å². The van der Waals surface area contributed by atoms with Crippen LogP contribution in [0.1, 0.15) is 18.1 Å². The average Bonchev–Trinajstić information content (AvgIpc) is 2.04. The van der Waals surface area contributed by atoms with Crippen LogP contribution in [0.15, 0.2) is 6.07 Å². The van der Waals surface area contributed by atoms with E-state index in [9.17, 15) is 13.2 Å². The Hall–Kier alpha value is -1.03. The first kappa shape index (κ1) is 10.1. The Morgan fingerprint density at radius 3 is 2.15 bits per heavy atom. The highest BCUT2D eigenvalue weighted by Gasteiger charge is 2.15. The topological polar surface area (TPSA) is 26.0 Å². The summed E-state index contributed by atoms with van der Waals surface area (Å²) in [5.74, 6) is -2.63. The van der Waals surface area contributed by atoms with Crippen LogP contribution in [0.4, 0.5) is 13.2 Å². The van der Waals surface area contributed by atoms with E-state index in [1.165, 1.54) is 0 Å². The molecule has 1 aromatic carbocycles. The second-order valence-corrected chi connectivity index (χ2v) is 2.67. The van der Waals surface area contributed by atoms with Gasteiger partial charge in [0.1, 0.15) is 17.5 Å². The Morgan fingerprint density at radius 2 is 1.69 bits per heavy atom. The van der Waals surface area contributed by atoms with E-state index in [1.54, 1.807) is 6.92 Å². The van der Waals surface area contributed by atoms with Gasteiger partial charge in [-0.25, -0.2) is 13.2 Å². The quantitative estimate of drug-likeness (QED) is 0.757. The molecular formula is C9H10F3N. The summed E-state index contributed by atoms with van der Waals surface area (Å²) in [6.07, 6.45) is 0.185. The van der Waals surface area contributed by atoms with Crippen LogP contribution >= 0.6 is 0 Å². The monoisotopic (exact) mass is 189 g/mol. The second-order valence-electron chi connectivity index (χ2n) is 2.67. The molecule has 72 valence electrons. The van der Waals surface area contributed by atoms with Crippen LogP contribution in [0.2, 0.25) is 0 Å². The summed E-state index contributed by atoms with van der Waals surface area (Å²) >= 11 is 0. The lowest BCUT2D eigenvalue weighted by Crippen LogP contribution is -2.08. The van der Waals surface area contributed by atoms with Crippen LogP contribution < -0.4 is 5.73 Å². The molecule has 0 atom stereocenters. The zero-order chi connectivity index (χ0) is 10.0. The Balaban J connectivity index is 3.39. The summed E-state index contributed by atoms with van der Waals surface area (Å²) in [5, 5.41) is 0. The second kappa shape index (κ2) is 3.79. The molecule has 0 aromatic heterocycles. The molecule has 1 aromatic rings. The van der Waals surface area contributed by atoms with Crippen molar-refractivity contribution in [3.63, 3.8) is 0 Å². The van der Waals surface area contributed by atoms with Crippen molar-refractivity contribution < 1.29 is 13.2 Å². The van der Waals surface area contributed by atoms with Crippen LogP contribution in [-0.2, 0) is 13.0 Å². The van der Waals surface area contributed by atoms with Crippen LogP contribution in [0.25, 0.3) is 0 Å². The van der Waals surface area contributed by atoms with Gasteiger partial charge in [-0.3, -0.25) is 0 Å². The maximum Gasteiger partial charge on any atom is 0.136 e. The molecule has 0 fully saturated rings. The summed E-state index contributed by atoms with van der Waals surface area (Å²) in [6.45, 7) is 1.34. The van der Waals surface area contributed by atoms with E-state index in [0.29, 0.717) is 6.07 Å². The third-order valence-electron chi connectivity index (χ3n) is 1.92. The first-order valence-electron chi connectivity index (χ1n) is 3.97. The molecule has 13 heavy (non-hydrogen) atoms. The molecule has 1 nitrogen and oxygen atoms in total. The minimum atomic E-state index is -0.922. The molecule has 0 saturated carbocycles. The molecule has 0 aliphatic rings. The summed E-state index contributed by atoms with van der Waals surface area (Å²) in [7, 11) is 0. The molecular weight excluding hydrogens is 179 g/mol. The number of halogens is 3. The van der Waals surface area contributed by atoms with Crippen LogP contribution in [-0.4, -0.2) is 0 Å². The van der Waals surface area contributed by atoms with Gasteiger partial charge in [0, 0.05) is 23.7 Å². The highest BCUT2D eigenvalue weighted by molar-refractivity contribution is 5.28. The number of hydrogen-bond donors (Lipinski definition) is 1. The minimum absolute atomic E-state index is 0.109. The average molecular weight is 189 g/mol. The molecule has 0 radical (unpaired) electrons. The first-order chi connectivity index (χ1) is 6.11. The molecule has 0 heterocycles. The SMILES string of the molecule is CCc1c(F)cc(F)c(CN)c1F. The summed E-state index contributed by atoms with van der Waals surface area (Å²) < 4.78 is 39.0. The molecule has 0 aliphatic heterocycles. The molecule has 0 saturated heterocycles. The van der Waals surface area contributed by atoms with E-state index < -0.39 is 17.5 Å². The maximum absolute atomic E-state index is 13.2. The predicted octanol–water partition coefficient (Wildman–Crippen LogP) is 2.12. The van der Waals surface area contributed by atoms with Gasteiger partial charge in [-0.1, -0.05) is 6.92 Å². The van der Waals surface area contributed by atoms with Crippen molar-refractivity contribution in [2.24, 2.45) is 5.73 Å². The Morgan fingerprint density at radius 1 is 1.15 bits per heavy atom. The summed E-state index contributed by atoms with van der Waals surface area (Å²) in [6, 6.07) is 0.671. The summed E-state index contributed by atoms with van der Waals surface area (Å²) in [4.78, 5) is 0. The van der Waals surface area contributed by atoms with Gasteiger partial charge in [0.15, 0.2) is 0 Å². The van der Waals surface area contributed by atoms with Crippen molar-refractivity contribution in [2.75, 3.05) is 0 Å². The fraction of sp³-hybridized carbons (Fsp3) is 0.333. The van der Waals surface area contributed by atoms with E-state index in [1.807, 2.05) is 0 Å². The van der Waals surface area contributed by atoms with Crippen molar-refractivity contribution in [1.82, 2.24) is 0 Å². The first-order valence-corrected chi connectivity index (χ1v) is 3.97. The lowest BCUT2D eigenvalue weighted by atomic mass is 10.1. The third kappa shape index (κ3) is 1.67. The standard InChI is InChI=1S/C9H10F3N/c1-2-5-7(10)3-8(11)6(4-13)9(5)12/h3H,2,4,13H2,1H3. The van der Waals surface area contributed by atoms with Crippen LogP contribution in [0.3, 0.4) is 0 Å². The van der Waals surface area contributed by atoms with E-state index in [2.05, 4.69) is 0 Å². The van der Waals surface area contributed by atoms with Gasteiger partial charge in [0.05, 0.1) is 0 Å². The molecule has 0 bridgehead atoms. The number of rotatable bonds is 2. The van der Waals surface area contributed by atoms with Crippen molar-refractivity contribution >= 4 is 0 Å². The van der Waals surface area contributed by atoms with E-state index in [0.717, 1.165) is 0 Å². The molecule has 2 N–H and O–H groups in total. The van der Waals surface area contributed by atoms with Crippen molar-refractivity contribution in [2.45, 2.75) is 19.9 Å². The smallest absolute Gasteiger partial charge is 0.136 e. The third-order valence-corrected chi connectivity index (χ3v) is 1.92. The lowest BCUT2D eigenvalue weighted by Gasteiger charge is -2.07. The minimum Gasteiger partial charge on any atom is -0.326 e. The van der Waals surface area contributed by atoms with Gasteiger partial charge in [-0.05, 0) is 6.42 Å². The molecule has 0 unspecified atom stereocenters. The lowest BCUT2D eigenvalue weighted by molar-refractivity contribution is 0.509. The largest absolute Gasteiger partial charge is 0.326 e. The summed E-state index contributed by atoms with van der Waals surface area (Å²) in [5.41, 5.74) is 4.76. The Kier molecular flexibility index (Phi) is 2.93. The fourth-order valence-electron chi connectivity index (χ4n) is 1.19. The predicted molar refractivity (Wildman–Crippen MR) is 43.6 cm³/mol. The van der Waals surface area contributed by atoms with Gasteiger partial charge in [0.25, 0.3) is 0 Å². The molecule has 1 rings (SSSR count). The molecule has 0 amide bonds. The van der Waals surface area contributed by atoms with Crippen LogP contribution in [0, 0.1) is 17.5 Å². The molecule has 4 heteroatoms. The fourth-order valence-corrected chi connectivity index (χ4v) is 1.19. The van der Waals surface area contributed by atoms with Crippen LogP contribution in [0.5, 0.6) is 0 Å². The van der Waals surface area contributed by atoms with E-state index in [-0.39, 0.29) is 24.1 Å². The van der Waals surface area contributed by atoms with Gasteiger partial charge >= 0.3 is 0 Å². The number of nitrogens with two attached hydrogens (primary N) is 1.